The van der Waals surface area contributed by atoms with Crippen molar-refractivity contribution in [3.05, 3.63) is 35.4 Å². The molecule has 3 N–H and O–H groups in total. The molecule has 0 radical (unpaired) electrons. The van der Waals surface area contributed by atoms with Crippen LogP contribution in [0.5, 0.6) is 0 Å². The van der Waals surface area contributed by atoms with Gasteiger partial charge in [-0.05, 0) is 38.9 Å². The summed E-state index contributed by atoms with van der Waals surface area (Å²) in [6.07, 6.45) is -0.153. The molecule has 0 heterocycles. The molecule has 0 bridgehead atoms. The zero-order valence-corrected chi connectivity index (χ0v) is 12.2. The van der Waals surface area contributed by atoms with Crippen LogP contribution >= 0.6 is 0 Å². The van der Waals surface area contributed by atoms with Crippen LogP contribution in [0.15, 0.2) is 24.3 Å². The van der Waals surface area contributed by atoms with Crippen LogP contribution < -0.4 is 11.1 Å². The minimum atomic E-state index is -0.525. The summed E-state index contributed by atoms with van der Waals surface area (Å²) in [6.45, 7) is 6.06. The Morgan fingerprint density at radius 2 is 2.00 bits per heavy atom. The summed E-state index contributed by atoms with van der Waals surface area (Å²) >= 11 is 0. The molecule has 5 nitrogen and oxygen atoms in total. The number of Topliss-reactive ketones (excluding diaryl/α,β-unsaturated/α-hetero) is 1. The Morgan fingerprint density at radius 3 is 2.60 bits per heavy atom. The number of carbonyl (C=O) groups is 2. The third kappa shape index (κ3) is 5.84. The highest BCUT2D eigenvalue weighted by atomic mass is 16.6. The molecule has 20 heavy (non-hydrogen) atoms. The van der Waals surface area contributed by atoms with Gasteiger partial charge in [0.25, 0.3) is 0 Å². The molecule has 0 aliphatic heterocycles. The Kier molecular flexibility index (Phi) is 5.70. The first-order valence-corrected chi connectivity index (χ1v) is 6.61. The number of rotatable bonds is 5. The molecule has 0 saturated heterocycles. The van der Waals surface area contributed by atoms with Crippen molar-refractivity contribution in [3.8, 4) is 0 Å². The number of nitrogens with one attached hydrogen (secondary N) is 1. The van der Waals surface area contributed by atoms with Crippen molar-refractivity contribution in [2.75, 3.05) is 6.54 Å². The second kappa shape index (κ2) is 7.05. The normalized spacial score (nSPS) is 11.0. The second-order valence-electron chi connectivity index (χ2n) is 5.52. The summed E-state index contributed by atoms with van der Waals surface area (Å²) < 4.78 is 5.14. The molecule has 1 amide bonds. The van der Waals surface area contributed by atoms with E-state index in [9.17, 15) is 9.59 Å². The van der Waals surface area contributed by atoms with Gasteiger partial charge in [0.1, 0.15) is 5.60 Å². The van der Waals surface area contributed by atoms with Gasteiger partial charge in [-0.15, -0.1) is 0 Å². The summed E-state index contributed by atoms with van der Waals surface area (Å²) in [6, 6.07) is 7.14. The van der Waals surface area contributed by atoms with Crippen molar-refractivity contribution in [1.29, 1.82) is 0 Å². The maximum Gasteiger partial charge on any atom is 0.407 e. The molecule has 0 unspecified atom stereocenters. The van der Waals surface area contributed by atoms with Crippen molar-refractivity contribution in [3.63, 3.8) is 0 Å². The van der Waals surface area contributed by atoms with Crippen LogP contribution in [0.2, 0.25) is 0 Å². The molecule has 1 aromatic carbocycles. The van der Waals surface area contributed by atoms with Crippen LogP contribution in [-0.2, 0) is 11.3 Å². The monoisotopic (exact) mass is 278 g/mol. The van der Waals surface area contributed by atoms with Gasteiger partial charge < -0.3 is 15.8 Å². The van der Waals surface area contributed by atoms with E-state index in [1.807, 2.05) is 6.07 Å². The summed E-state index contributed by atoms with van der Waals surface area (Å²) in [5.74, 6) is 0.00613. The highest BCUT2D eigenvalue weighted by Gasteiger charge is 2.15. The first-order valence-electron chi connectivity index (χ1n) is 6.61. The van der Waals surface area contributed by atoms with Gasteiger partial charge in [-0.25, -0.2) is 4.79 Å². The van der Waals surface area contributed by atoms with Gasteiger partial charge in [0.2, 0.25) is 0 Å². The number of amides is 1. The predicted molar refractivity (Wildman–Crippen MR) is 77.5 cm³/mol. The Labute approximate surface area is 119 Å². The summed E-state index contributed by atoms with van der Waals surface area (Å²) in [5, 5.41) is 2.66. The zero-order chi connectivity index (χ0) is 15.2. The standard InChI is InChI=1S/C15H22N2O3/c1-15(2,3)20-14(19)17-10-11-5-4-6-12(9-11)13(18)7-8-16/h4-6,9H,7-8,10,16H2,1-3H3,(H,17,19). The minimum Gasteiger partial charge on any atom is -0.444 e. The largest absolute Gasteiger partial charge is 0.444 e. The molecule has 1 rings (SSSR count). The SMILES string of the molecule is CC(C)(C)OC(=O)NCc1cccc(C(=O)CCN)c1. The molecular weight excluding hydrogens is 256 g/mol. The Hall–Kier alpha value is -1.88. The van der Waals surface area contributed by atoms with E-state index in [1.54, 1.807) is 39.0 Å². The lowest BCUT2D eigenvalue weighted by Gasteiger charge is -2.19. The van der Waals surface area contributed by atoms with Crippen molar-refractivity contribution in [2.45, 2.75) is 39.3 Å². The lowest BCUT2D eigenvalue weighted by Crippen LogP contribution is -2.32. The van der Waals surface area contributed by atoms with Gasteiger partial charge in [-0.3, -0.25) is 4.79 Å². The average molecular weight is 278 g/mol. The van der Waals surface area contributed by atoms with Gasteiger partial charge in [-0.2, -0.15) is 0 Å². The van der Waals surface area contributed by atoms with E-state index in [-0.39, 0.29) is 5.78 Å². The van der Waals surface area contributed by atoms with Crippen molar-refractivity contribution < 1.29 is 14.3 Å². The molecule has 0 aliphatic carbocycles. The molecule has 1 aromatic rings. The number of ketones is 1. The number of nitrogens with two attached hydrogens (primary N) is 1. The number of hydrogen-bond donors (Lipinski definition) is 2. The zero-order valence-electron chi connectivity index (χ0n) is 12.2. The van der Waals surface area contributed by atoms with E-state index in [2.05, 4.69) is 5.32 Å². The summed E-state index contributed by atoms with van der Waals surface area (Å²) in [5.41, 5.74) is 6.30. The van der Waals surface area contributed by atoms with E-state index >= 15 is 0 Å². The van der Waals surface area contributed by atoms with E-state index in [1.165, 1.54) is 0 Å². The quantitative estimate of drug-likeness (QED) is 0.809. The highest BCUT2D eigenvalue weighted by Crippen LogP contribution is 2.09. The first-order chi connectivity index (χ1) is 9.31. The fourth-order valence-corrected chi connectivity index (χ4v) is 1.62. The molecular formula is C15H22N2O3. The van der Waals surface area contributed by atoms with Gasteiger partial charge >= 0.3 is 6.09 Å². The molecule has 0 aromatic heterocycles. The Morgan fingerprint density at radius 1 is 1.30 bits per heavy atom. The number of benzene rings is 1. The third-order valence-corrected chi connectivity index (χ3v) is 2.46. The molecule has 110 valence electrons. The summed E-state index contributed by atoms with van der Waals surface area (Å²) in [4.78, 5) is 23.3. The average Bonchev–Trinajstić information content (AvgIpc) is 2.35. The molecule has 0 aliphatic rings. The van der Waals surface area contributed by atoms with Gasteiger partial charge in [0, 0.05) is 18.5 Å². The number of hydrogen-bond acceptors (Lipinski definition) is 4. The highest BCUT2D eigenvalue weighted by molar-refractivity contribution is 5.96. The van der Waals surface area contributed by atoms with Crippen molar-refractivity contribution in [2.24, 2.45) is 5.73 Å². The molecule has 5 heteroatoms. The van der Waals surface area contributed by atoms with E-state index in [4.69, 9.17) is 10.5 Å². The summed E-state index contributed by atoms with van der Waals surface area (Å²) in [7, 11) is 0. The smallest absolute Gasteiger partial charge is 0.407 e. The Balaban J connectivity index is 2.59. The van der Waals surface area contributed by atoms with Gasteiger partial charge in [0.15, 0.2) is 5.78 Å². The van der Waals surface area contributed by atoms with E-state index in [0.717, 1.165) is 5.56 Å². The molecule has 0 atom stereocenters. The number of alkyl carbamates (subject to hydrolysis) is 1. The molecule has 0 saturated carbocycles. The molecule has 0 fully saturated rings. The fraction of sp³-hybridized carbons (Fsp3) is 0.467. The van der Waals surface area contributed by atoms with Gasteiger partial charge in [0.05, 0.1) is 0 Å². The van der Waals surface area contributed by atoms with Crippen molar-refractivity contribution in [1.82, 2.24) is 5.32 Å². The fourth-order valence-electron chi connectivity index (χ4n) is 1.62. The topological polar surface area (TPSA) is 81.4 Å². The van der Waals surface area contributed by atoms with Crippen LogP contribution in [-0.4, -0.2) is 24.0 Å². The third-order valence-electron chi connectivity index (χ3n) is 2.46. The first kappa shape index (κ1) is 16.2. The lowest BCUT2D eigenvalue weighted by atomic mass is 10.1. The van der Waals surface area contributed by atoms with Crippen LogP contribution in [0.25, 0.3) is 0 Å². The van der Waals surface area contributed by atoms with Crippen molar-refractivity contribution >= 4 is 11.9 Å². The van der Waals surface area contributed by atoms with Crippen LogP contribution in [0.4, 0.5) is 4.79 Å². The van der Waals surface area contributed by atoms with E-state index in [0.29, 0.717) is 25.1 Å². The maximum absolute atomic E-state index is 11.7. The number of ether oxygens (including phenoxy) is 1. The second-order valence-corrected chi connectivity index (χ2v) is 5.52. The maximum atomic E-state index is 11.7. The lowest BCUT2D eigenvalue weighted by molar-refractivity contribution is 0.0523. The van der Waals surface area contributed by atoms with E-state index < -0.39 is 11.7 Å². The van der Waals surface area contributed by atoms with Crippen LogP contribution in [0.1, 0.15) is 43.1 Å². The van der Waals surface area contributed by atoms with Crippen LogP contribution in [0.3, 0.4) is 0 Å². The molecule has 0 spiro atoms. The minimum absolute atomic E-state index is 0.00613. The van der Waals surface area contributed by atoms with Gasteiger partial charge in [-0.1, -0.05) is 18.2 Å². The predicted octanol–water partition coefficient (Wildman–Crippen LogP) is 2.24. The van der Waals surface area contributed by atoms with Crippen LogP contribution in [0, 0.1) is 0 Å². The number of carbonyl (C=O) groups excluding carboxylic acids is 2. The Bertz CT molecular complexity index is 478.